The highest BCUT2D eigenvalue weighted by molar-refractivity contribution is 7.89. The molecule has 0 saturated carbocycles. The van der Waals surface area contributed by atoms with Gasteiger partial charge < -0.3 is 5.32 Å². The minimum Gasteiger partial charge on any atom is -0.370 e. The van der Waals surface area contributed by atoms with Crippen molar-refractivity contribution in [1.82, 2.24) is 9.29 Å². The number of nitrogens with one attached hydrogen (secondary N) is 1. The first-order valence-corrected chi connectivity index (χ1v) is 9.09. The van der Waals surface area contributed by atoms with Crippen molar-refractivity contribution >= 4 is 27.2 Å². The molecule has 21 heavy (non-hydrogen) atoms. The highest BCUT2D eigenvalue weighted by Crippen LogP contribution is 2.19. The van der Waals surface area contributed by atoms with Crippen LogP contribution in [0.2, 0.25) is 0 Å². The molecule has 0 amide bonds. The van der Waals surface area contributed by atoms with Gasteiger partial charge in [-0.1, -0.05) is 6.92 Å². The molecule has 5 nitrogen and oxygen atoms in total. The van der Waals surface area contributed by atoms with Crippen LogP contribution >= 0.6 is 11.3 Å². The lowest BCUT2D eigenvalue weighted by Gasteiger charge is -2.17. The molecule has 2 aromatic rings. The predicted octanol–water partition coefficient (Wildman–Crippen LogP) is 2.79. The van der Waals surface area contributed by atoms with Crippen molar-refractivity contribution in [1.29, 1.82) is 0 Å². The van der Waals surface area contributed by atoms with E-state index in [4.69, 9.17) is 0 Å². The second kappa shape index (κ2) is 7.02. The summed E-state index contributed by atoms with van der Waals surface area (Å²) < 4.78 is 26.5. The van der Waals surface area contributed by atoms with Crippen LogP contribution in [0.25, 0.3) is 0 Å². The summed E-state index contributed by atoms with van der Waals surface area (Å²) in [5.74, 6) is 0.585. The maximum Gasteiger partial charge on any atom is 0.243 e. The van der Waals surface area contributed by atoms with Crippen LogP contribution in [-0.4, -0.2) is 31.3 Å². The fraction of sp³-hybridized carbons (Fsp3) is 0.357. The van der Waals surface area contributed by atoms with Crippen molar-refractivity contribution in [2.24, 2.45) is 0 Å². The maximum absolute atomic E-state index is 12.6. The molecule has 0 aliphatic carbocycles. The van der Waals surface area contributed by atoms with Gasteiger partial charge in [0.1, 0.15) is 5.82 Å². The average Bonchev–Trinajstić information content (AvgIpc) is 2.98. The molecule has 0 saturated heterocycles. The van der Waals surface area contributed by atoms with Gasteiger partial charge in [0.15, 0.2) is 0 Å². The number of anilines is 1. The van der Waals surface area contributed by atoms with Crippen molar-refractivity contribution in [2.75, 3.05) is 18.9 Å². The summed E-state index contributed by atoms with van der Waals surface area (Å²) >= 11 is 1.56. The van der Waals surface area contributed by atoms with Gasteiger partial charge in [0.25, 0.3) is 0 Å². The molecule has 0 unspecified atom stereocenters. The quantitative estimate of drug-likeness (QED) is 0.850. The van der Waals surface area contributed by atoms with Gasteiger partial charge in [0.2, 0.25) is 10.0 Å². The van der Waals surface area contributed by atoms with Gasteiger partial charge in [-0.3, -0.25) is 0 Å². The third-order valence-electron chi connectivity index (χ3n) is 2.98. The van der Waals surface area contributed by atoms with Crippen LogP contribution in [0.15, 0.2) is 40.1 Å². The molecule has 114 valence electrons. The van der Waals surface area contributed by atoms with Crippen LogP contribution < -0.4 is 5.32 Å². The van der Waals surface area contributed by atoms with Crippen LogP contribution in [0.4, 0.5) is 5.82 Å². The number of aromatic nitrogens is 1. The van der Waals surface area contributed by atoms with E-state index >= 15 is 0 Å². The lowest BCUT2D eigenvalue weighted by Crippen LogP contribution is -2.26. The molecule has 7 heteroatoms. The summed E-state index contributed by atoms with van der Waals surface area (Å²) in [6.07, 6.45) is 2.47. The lowest BCUT2D eigenvalue weighted by atomic mass is 10.3. The molecular formula is C14H19N3O2S2. The standard InChI is InChI=1S/C14H19N3O2S2/c1-3-6-15-14-9-13(4-7-16-14)21(18,19)17(2)10-12-5-8-20-11-12/h4-5,7-9,11H,3,6,10H2,1-2H3,(H,15,16). The summed E-state index contributed by atoms with van der Waals surface area (Å²) in [6, 6.07) is 5.03. The van der Waals surface area contributed by atoms with Gasteiger partial charge in [-0.2, -0.15) is 15.6 Å². The summed E-state index contributed by atoms with van der Waals surface area (Å²) in [5, 5.41) is 6.99. The van der Waals surface area contributed by atoms with Crippen LogP contribution in [-0.2, 0) is 16.6 Å². The molecule has 1 N–H and O–H groups in total. The molecule has 0 atom stereocenters. The second-order valence-electron chi connectivity index (χ2n) is 4.70. The largest absolute Gasteiger partial charge is 0.370 e. The first-order valence-electron chi connectivity index (χ1n) is 6.71. The summed E-state index contributed by atoms with van der Waals surface area (Å²) in [7, 11) is -1.91. The van der Waals surface area contributed by atoms with Crippen molar-refractivity contribution in [3.63, 3.8) is 0 Å². The third-order valence-corrected chi connectivity index (χ3v) is 5.51. The summed E-state index contributed by atoms with van der Waals surface area (Å²) in [6.45, 7) is 3.18. The Hall–Kier alpha value is -1.44. The average molecular weight is 325 g/mol. The Morgan fingerprint density at radius 2 is 2.19 bits per heavy atom. The smallest absolute Gasteiger partial charge is 0.243 e. The molecule has 0 aromatic carbocycles. The Balaban J connectivity index is 2.18. The highest BCUT2D eigenvalue weighted by atomic mass is 32.2. The van der Waals surface area contributed by atoms with Gasteiger partial charge in [-0.15, -0.1) is 0 Å². The first-order chi connectivity index (χ1) is 10.0. The lowest BCUT2D eigenvalue weighted by molar-refractivity contribution is 0.467. The highest BCUT2D eigenvalue weighted by Gasteiger charge is 2.21. The minimum atomic E-state index is -3.50. The van der Waals surface area contributed by atoms with E-state index in [1.165, 1.54) is 16.6 Å². The number of hydrogen-bond donors (Lipinski definition) is 1. The molecule has 0 spiro atoms. The van der Waals surface area contributed by atoms with E-state index in [-0.39, 0.29) is 4.90 Å². The Bertz CT molecular complexity index is 669. The van der Waals surface area contributed by atoms with Gasteiger partial charge in [0, 0.05) is 32.4 Å². The number of pyridine rings is 1. The Morgan fingerprint density at radius 1 is 1.38 bits per heavy atom. The zero-order valence-electron chi connectivity index (χ0n) is 12.1. The van der Waals surface area contributed by atoms with E-state index < -0.39 is 10.0 Å². The Labute approximate surface area is 129 Å². The zero-order chi connectivity index (χ0) is 15.3. The Kier molecular flexibility index (Phi) is 5.33. The molecule has 0 fully saturated rings. The topological polar surface area (TPSA) is 62.3 Å². The fourth-order valence-corrected chi connectivity index (χ4v) is 3.66. The van der Waals surface area contributed by atoms with Crippen LogP contribution in [0.3, 0.4) is 0 Å². The van der Waals surface area contributed by atoms with E-state index in [1.54, 1.807) is 24.5 Å². The van der Waals surface area contributed by atoms with Gasteiger partial charge in [0.05, 0.1) is 4.90 Å². The van der Waals surface area contributed by atoms with Crippen LogP contribution in [0, 0.1) is 0 Å². The SMILES string of the molecule is CCCNc1cc(S(=O)(=O)N(C)Cc2ccsc2)ccn1. The number of hydrogen-bond acceptors (Lipinski definition) is 5. The van der Waals surface area contributed by atoms with E-state index in [1.807, 2.05) is 23.8 Å². The van der Waals surface area contributed by atoms with Gasteiger partial charge in [-0.05, 0) is 34.9 Å². The van der Waals surface area contributed by atoms with E-state index in [0.717, 1.165) is 18.5 Å². The zero-order valence-corrected chi connectivity index (χ0v) is 13.7. The fourth-order valence-electron chi connectivity index (χ4n) is 1.83. The number of rotatable bonds is 7. The summed E-state index contributed by atoms with van der Waals surface area (Å²) in [5.41, 5.74) is 0.990. The number of thiophene rings is 1. The van der Waals surface area contributed by atoms with Crippen molar-refractivity contribution in [2.45, 2.75) is 24.8 Å². The van der Waals surface area contributed by atoms with Crippen molar-refractivity contribution < 1.29 is 8.42 Å². The number of nitrogens with zero attached hydrogens (tertiary/aromatic N) is 2. The molecule has 0 aliphatic rings. The molecule has 0 radical (unpaired) electrons. The molecule has 2 aromatic heterocycles. The van der Waals surface area contributed by atoms with Crippen molar-refractivity contribution in [3.05, 3.63) is 40.7 Å². The molecule has 0 bridgehead atoms. The summed E-state index contributed by atoms with van der Waals surface area (Å²) in [4.78, 5) is 4.39. The first kappa shape index (κ1) is 15.9. The van der Waals surface area contributed by atoms with Crippen LogP contribution in [0.1, 0.15) is 18.9 Å². The molecule has 0 aliphatic heterocycles. The molecule has 2 rings (SSSR count). The van der Waals surface area contributed by atoms with E-state index in [0.29, 0.717) is 12.4 Å². The normalized spacial score (nSPS) is 11.8. The predicted molar refractivity (Wildman–Crippen MR) is 86.0 cm³/mol. The van der Waals surface area contributed by atoms with Gasteiger partial charge >= 0.3 is 0 Å². The second-order valence-corrected chi connectivity index (χ2v) is 7.52. The Morgan fingerprint density at radius 3 is 2.86 bits per heavy atom. The van der Waals surface area contributed by atoms with Gasteiger partial charge in [-0.25, -0.2) is 13.4 Å². The number of sulfonamides is 1. The molecule has 2 heterocycles. The monoisotopic (exact) mass is 325 g/mol. The maximum atomic E-state index is 12.6. The third kappa shape index (κ3) is 4.03. The van der Waals surface area contributed by atoms with E-state index in [9.17, 15) is 8.42 Å². The molecular weight excluding hydrogens is 306 g/mol. The van der Waals surface area contributed by atoms with Crippen molar-refractivity contribution in [3.8, 4) is 0 Å². The van der Waals surface area contributed by atoms with E-state index in [2.05, 4.69) is 10.3 Å². The minimum absolute atomic E-state index is 0.258. The van der Waals surface area contributed by atoms with Crippen LogP contribution in [0.5, 0.6) is 0 Å².